The number of fused-ring (bicyclic) bond motifs is 4. The summed E-state index contributed by atoms with van der Waals surface area (Å²) in [6.45, 7) is 0. The minimum absolute atomic E-state index is 0.920. The number of rotatable bonds is 3. The summed E-state index contributed by atoms with van der Waals surface area (Å²) in [6.07, 6.45) is 3.92. The van der Waals surface area contributed by atoms with Crippen LogP contribution in [0.2, 0.25) is 0 Å². The highest BCUT2D eigenvalue weighted by molar-refractivity contribution is 6.21. The minimum Gasteiger partial charge on any atom is -0.256 e. The molecule has 8 aromatic rings. The van der Waals surface area contributed by atoms with E-state index in [0.29, 0.717) is 0 Å². The van der Waals surface area contributed by atoms with Crippen LogP contribution in [0.1, 0.15) is 0 Å². The first-order chi connectivity index (χ1) is 19.8. The molecule has 0 aliphatic rings. The van der Waals surface area contributed by atoms with Crippen LogP contribution in [0, 0.1) is 0 Å². The Balaban J connectivity index is 1.33. The Hall–Kier alpha value is -5.34. The molecule has 2 nitrogen and oxygen atoms in total. The summed E-state index contributed by atoms with van der Waals surface area (Å²) in [7, 11) is 0. The maximum Gasteiger partial charge on any atom is 0.0718 e. The van der Waals surface area contributed by atoms with E-state index in [2.05, 4.69) is 120 Å². The Kier molecular flexibility index (Phi) is 5.17. The van der Waals surface area contributed by atoms with Gasteiger partial charge in [-0.2, -0.15) is 0 Å². The van der Waals surface area contributed by atoms with Crippen molar-refractivity contribution in [1.29, 1.82) is 0 Å². The van der Waals surface area contributed by atoms with Gasteiger partial charge in [-0.15, -0.1) is 0 Å². The van der Waals surface area contributed by atoms with Crippen molar-refractivity contribution in [3.8, 4) is 33.5 Å². The van der Waals surface area contributed by atoms with Gasteiger partial charge in [0.15, 0.2) is 0 Å². The number of hydrogen-bond donors (Lipinski definition) is 0. The molecule has 40 heavy (non-hydrogen) atoms. The van der Waals surface area contributed by atoms with E-state index in [1.54, 1.807) is 0 Å². The average molecular weight is 509 g/mol. The van der Waals surface area contributed by atoms with Gasteiger partial charge in [0, 0.05) is 28.9 Å². The van der Waals surface area contributed by atoms with Gasteiger partial charge in [0.05, 0.1) is 11.2 Å². The van der Waals surface area contributed by atoms with Crippen LogP contribution in [-0.4, -0.2) is 9.97 Å². The molecule has 0 aliphatic heterocycles. The second-order valence-corrected chi connectivity index (χ2v) is 10.3. The smallest absolute Gasteiger partial charge is 0.0718 e. The predicted molar refractivity (Wildman–Crippen MR) is 168 cm³/mol. The number of aromatic nitrogens is 2. The zero-order valence-corrected chi connectivity index (χ0v) is 21.8. The molecule has 0 N–H and O–H groups in total. The van der Waals surface area contributed by atoms with Gasteiger partial charge in [-0.25, -0.2) is 0 Å². The minimum atomic E-state index is 0.920. The normalized spacial score (nSPS) is 11.5. The van der Waals surface area contributed by atoms with Gasteiger partial charge in [-0.3, -0.25) is 9.97 Å². The first kappa shape index (κ1) is 22.6. The summed E-state index contributed by atoms with van der Waals surface area (Å²) < 4.78 is 0. The number of benzene rings is 6. The number of nitrogens with zero attached hydrogens (tertiary/aromatic N) is 2. The van der Waals surface area contributed by atoms with Crippen molar-refractivity contribution >= 4 is 43.2 Å². The van der Waals surface area contributed by atoms with E-state index in [-0.39, 0.29) is 0 Å². The topological polar surface area (TPSA) is 25.8 Å². The quantitative estimate of drug-likeness (QED) is 0.222. The zero-order valence-electron chi connectivity index (χ0n) is 21.8. The van der Waals surface area contributed by atoms with E-state index in [9.17, 15) is 0 Å². The van der Waals surface area contributed by atoms with Crippen LogP contribution in [0.4, 0.5) is 0 Å². The third-order valence-corrected chi connectivity index (χ3v) is 7.91. The lowest BCUT2D eigenvalue weighted by Gasteiger charge is -2.18. The summed E-state index contributed by atoms with van der Waals surface area (Å²) in [5.74, 6) is 0. The van der Waals surface area contributed by atoms with Crippen LogP contribution < -0.4 is 0 Å². The molecule has 0 fully saturated rings. The van der Waals surface area contributed by atoms with Gasteiger partial charge in [0.25, 0.3) is 0 Å². The highest BCUT2D eigenvalue weighted by Gasteiger charge is 2.17. The molecule has 2 aromatic heterocycles. The Labute approximate surface area is 232 Å². The summed E-state index contributed by atoms with van der Waals surface area (Å²) in [5.41, 5.74) is 7.76. The molecule has 0 aliphatic carbocycles. The maximum atomic E-state index is 4.92. The Bertz CT molecular complexity index is 2150. The SMILES string of the molecule is c1ccc2cc(-c3c4ccccc4c(-c4ccc(-c5cnc6ccccc6c5)nc4)c4ccccc34)ccc2c1. The summed E-state index contributed by atoms with van der Waals surface area (Å²) in [6, 6.07) is 47.5. The first-order valence-corrected chi connectivity index (χ1v) is 13.6. The van der Waals surface area contributed by atoms with Gasteiger partial charge >= 0.3 is 0 Å². The fourth-order valence-electron chi connectivity index (χ4n) is 6.02. The summed E-state index contributed by atoms with van der Waals surface area (Å²) >= 11 is 0. The summed E-state index contributed by atoms with van der Waals surface area (Å²) in [4.78, 5) is 9.56. The van der Waals surface area contributed by atoms with Crippen LogP contribution in [0.5, 0.6) is 0 Å². The summed E-state index contributed by atoms with van der Waals surface area (Å²) in [5, 5.41) is 8.57. The fourth-order valence-corrected chi connectivity index (χ4v) is 6.02. The van der Waals surface area contributed by atoms with E-state index < -0.39 is 0 Å². The van der Waals surface area contributed by atoms with Crippen molar-refractivity contribution in [3.05, 3.63) is 146 Å². The van der Waals surface area contributed by atoms with E-state index in [1.807, 2.05) is 30.6 Å². The van der Waals surface area contributed by atoms with E-state index in [0.717, 1.165) is 27.7 Å². The Morgan fingerprint density at radius 3 is 1.55 bits per heavy atom. The molecule has 0 bridgehead atoms. The number of hydrogen-bond acceptors (Lipinski definition) is 2. The van der Waals surface area contributed by atoms with Crippen molar-refractivity contribution in [2.75, 3.05) is 0 Å². The third-order valence-electron chi connectivity index (χ3n) is 7.91. The van der Waals surface area contributed by atoms with Crippen molar-refractivity contribution in [3.63, 3.8) is 0 Å². The first-order valence-electron chi connectivity index (χ1n) is 13.6. The van der Waals surface area contributed by atoms with Crippen molar-refractivity contribution in [2.45, 2.75) is 0 Å². The van der Waals surface area contributed by atoms with Gasteiger partial charge in [0.2, 0.25) is 0 Å². The lowest BCUT2D eigenvalue weighted by molar-refractivity contribution is 1.31. The molecule has 186 valence electrons. The lowest BCUT2D eigenvalue weighted by atomic mass is 9.86. The van der Waals surface area contributed by atoms with Gasteiger partial charge < -0.3 is 0 Å². The van der Waals surface area contributed by atoms with Crippen LogP contribution in [0.3, 0.4) is 0 Å². The molecule has 0 spiro atoms. The van der Waals surface area contributed by atoms with Crippen molar-refractivity contribution in [1.82, 2.24) is 9.97 Å². The van der Waals surface area contributed by atoms with Crippen LogP contribution in [0.15, 0.2) is 146 Å². The van der Waals surface area contributed by atoms with E-state index >= 15 is 0 Å². The molecule has 2 heterocycles. The average Bonchev–Trinajstić information content (AvgIpc) is 3.03. The van der Waals surface area contributed by atoms with Crippen LogP contribution >= 0.6 is 0 Å². The molecule has 0 atom stereocenters. The molecule has 0 saturated heterocycles. The molecular weight excluding hydrogens is 484 g/mol. The van der Waals surface area contributed by atoms with Crippen molar-refractivity contribution < 1.29 is 0 Å². The molecule has 8 rings (SSSR count). The van der Waals surface area contributed by atoms with Gasteiger partial charge in [0.1, 0.15) is 0 Å². The standard InChI is InChI=1S/C38H24N2/c1-2-10-26-21-28(18-17-25(26)9-1)37-31-12-4-6-14-33(31)38(34-15-7-5-13-32(34)37)29-19-20-36(39-23-29)30-22-27-11-3-8-16-35(27)40-24-30/h1-24H. The number of para-hydroxylation sites is 1. The molecular formula is C38H24N2. The zero-order chi connectivity index (χ0) is 26.5. The second-order valence-electron chi connectivity index (χ2n) is 10.3. The maximum absolute atomic E-state index is 4.92. The van der Waals surface area contributed by atoms with Crippen molar-refractivity contribution in [2.24, 2.45) is 0 Å². The molecule has 6 aromatic carbocycles. The monoisotopic (exact) mass is 508 g/mol. The fraction of sp³-hybridized carbons (Fsp3) is 0. The Morgan fingerprint density at radius 2 is 0.875 bits per heavy atom. The van der Waals surface area contributed by atoms with Gasteiger partial charge in [-0.1, -0.05) is 109 Å². The lowest BCUT2D eigenvalue weighted by Crippen LogP contribution is -1.92. The van der Waals surface area contributed by atoms with Crippen LogP contribution in [-0.2, 0) is 0 Å². The molecule has 0 unspecified atom stereocenters. The van der Waals surface area contributed by atoms with E-state index in [1.165, 1.54) is 49.0 Å². The highest BCUT2D eigenvalue weighted by atomic mass is 14.7. The Morgan fingerprint density at radius 1 is 0.350 bits per heavy atom. The number of pyridine rings is 2. The largest absolute Gasteiger partial charge is 0.256 e. The van der Waals surface area contributed by atoms with Crippen LogP contribution in [0.25, 0.3) is 76.7 Å². The van der Waals surface area contributed by atoms with Gasteiger partial charge in [-0.05, 0) is 73.3 Å². The van der Waals surface area contributed by atoms with E-state index in [4.69, 9.17) is 4.98 Å². The molecule has 0 radical (unpaired) electrons. The molecule has 2 heteroatoms. The third kappa shape index (κ3) is 3.65. The predicted octanol–water partition coefficient (Wildman–Crippen LogP) is 10.1. The highest BCUT2D eigenvalue weighted by Crippen LogP contribution is 2.44. The molecule has 0 amide bonds. The molecule has 0 saturated carbocycles. The second kappa shape index (κ2) is 9.14.